The second kappa shape index (κ2) is 13.0. The lowest BCUT2D eigenvalue weighted by Gasteiger charge is -2.44. The van der Waals surface area contributed by atoms with E-state index < -0.39 is 78.3 Å². The highest BCUT2D eigenvalue weighted by atomic mass is 32.2. The van der Waals surface area contributed by atoms with Crippen molar-refractivity contribution in [2.24, 2.45) is 0 Å². The Labute approximate surface area is 193 Å². The molecule has 1 aliphatic heterocycles. The first-order valence-corrected chi connectivity index (χ1v) is 10.8. The van der Waals surface area contributed by atoms with Gasteiger partial charge in [-0.05, 0) is 0 Å². The molecule has 0 unspecified atom stereocenters. The molecule has 0 saturated carbocycles. The summed E-state index contributed by atoms with van der Waals surface area (Å²) in [5.41, 5.74) is -1.14. The van der Waals surface area contributed by atoms with E-state index in [0.29, 0.717) is 0 Å². The van der Waals surface area contributed by atoms with Gasteiger partial charge in [-0.3, -0.25) is 24.0 Å². The summed E-state index contributed by atoms with van der Waals surface area (Å²) >= 11 is 0.848. The number of carboxylic acid groups (broad SMARTS) is 1. The lowest BCUT2D eigenvalue weighted by molar-refractivity contribution is -0.237. The van der Waals surface area contributed by atoms with Crippen molar-refractivity contribution in [3.63, 3.8) is 0 Å². The molecule has 0 aliphatic carbocycles. The van der Waals surface area contributed by atoms with Crippen molar-refractivity contribution in [3.05, 3.63) is 0 Å². The van der Waals surface area contributed by atoms with Crippen molar-refractivity contribution < 1.29 is 57.6 Å². The lowest BCUT2D eigenvalue weighted by atomic mass is 9.99. The fraction of sp³-hybridized carbons (Fsp3) is 0.684. The fourth-order valence-electron chi connectivity index (χ4n) is 2.93. The molecule has 0 aromatic rings. The van der Waals surface area contributed by atoms with Gasteiger partial charge in [0.1, 0.15) is 24.2 Å². The van der Waals surface area contributed by atoms with Gasteiger partial charge in [0.2, 0.25) is 5.91 Å². The zero-order chi connectivity index (χ0) is 25.3. The zero-order valence-electron chi connectivity index (χ0n) is 18.7. The molecule has 186 valence electrons. The summed E-state index contributed by atoms with van der Waals surface area (Å²) in [6.07, 6.45) is -5.12. The predicted molar refractivity (Wildman–Crippen MR) is 110 cm³/mol. The number of carbonyl (C=O) groups is 6. The SMILES string of the molecule is CC(=O)N[C@@H](CS[C@H]1O[C@H](COC(C)=O)[C@@H](OC(C)=O)[C@H](OC(C)=O)[C@H]1OC(C)=O)C(=O)O. The molecule has 0 aromatic carbocycles. The van der Waals surface area contributed by atoms with Gasteiger partial charge in [-0.1, -0.05) is 0 Å². The second-order valence-corrected chi connectivity index (χ2v) is 8.12. The van der Waals surface area contributed by atoms with Crippen LogP contribution in [0.4, 0.5) is 0 Å². The van der Waals surface area contributed by atoms with Crippen LogP contribution in [0.5, 0.6) is 0 Å². The molecule has 1 aliphatic rings. The summed E-state index contributed by atoms with van der Waals surface area (Å²) in [6.45, 7) is 5.17. The number of aliphatic carboxylic acids is 1. The smallest absolute Gasteiger partial charge is 0.327 e. The number of carboxylic acids is 1. The minimum absolute atomic E-state index is 0.220. The Morgan fingerprint density at radius 1 is 0.848 bits per heavy atom. The first-order chi connectivity index (χ1) is 15.3. The van der Waals surface area contributed by atoms with Crippen LogP contribution in [0.3, 0.4) is 0 Å². The molecule has 1 heterocycles. The molecule has 13 nitrogen and oxygen atoms in total. The maximum Gasteiger partial charge on any atom is 0.327 e. The number of hydrogen-bond acceptors (Lipinski definition) is 12. The van der Waals surface area contributed by atoms with Gasteiger partial charge in [0.05, 0.1) is 0 Å². The number of rotatable bonds is 10. The van der Waals surface area contributed by atoms with Crippen LogP contribution in [0.25, 0.3) is 0 Å². The summed E-state index contributed by atoms with van der Waals surface area (Å²) < 4.78 is 26.6. The average molecular weight is 493 g/mol. The Bertz CT molecular complexity index is 772. The van der Waals surface area contributed by atoms with Gasteiger partial charge >= 0.3 is 29.8 Å². The van der Waals surface area contributed by atoms with Crippen LogP contribution in [0, 0.1) is 0 Å². The van der Waals surface area contributed by atoms with Crippen LogP contribution in [0.2, 0.25) is 0 Å². The van der Waals surface area contributed by atoms with E-state index in [4.69, 9.17) is 23.7 Å². The van der Waals surface area contributed by atoms with Gasteiger partial charge in [-0.25, -0.2) is 4.79 Å². The largest absolute Gasteiger partial charge is 0.480 e. The van der Waals surface area contributed by atoms with Crippen molar-refractivity contribution in [2.45, 2.75) is 70.5 Å². The van der Waals surface area contributed by atoms with Gasteiger partial charge in [-0.15, -0.1) is 11.8 Å². The number of thioether (sulfide) groups is 1. The van der Waals surface area contributed by atoms with Crippen LogP contribution in [0.15, 0.2) is 0 Å². The Morgan fingerprint density at radius 2 is 1.36 bits per heavy atom. The van der Waals surface area contributed by atoms with Crippen LogP contribution < -0.4 is 5.32 Å². The first-order valence-electron chi connectivity index (χ1n) is 9.73. The van der Waals surface area contributed by atoms with Gasteiger partial charge in [0.15, 0.2) is 18.3 Å². The number of amides is 1. The molecule has 0 bridgehead atoms. The molecule has 2 N–H and O–H groups in total. The highest BCUT2D eigenvalue weighted by Gasteiger charge is 2.52. The molecular weight excluding hydrogens is 466 g/mol. The van der Waals surface area contributed by atoms with Crippen LogP contribution in [-0.4, -0.2) is 89.1 Å². The van der Waals surface area contributed by atoms with E-state index in [1.54, 1.807) is 0 Å². The number of nitrogens with one attached hydrogen (secondary N) is 1. The molecule has 1 saturated heterocycles. The minimum Gasteiger partial charge on any atom is -0.480 e. The highest BCUT2D eigenvalue weighted by Crippen LogP contribution is 2.34. The van der Waals surface area contributed by atoms with Gasteiger partial charge in [-0.2, -0.15) is 0 Å². The number of carbonyl (C=O) groups excluding carboxylic acids is 5. The van der Waals surface area contributed by atoms with E-state index in [9.17, 15) is 33.9 Å². The van der Waals surface area contributed by atoms with Crippen LogP contribution in [-0.2, 0) is 52.5 Å². The predicted octanol–water partition coefficient (Wildman–Crippen LogP) is -0.608. The number of hydrogen-bond donors (Lipinski definition) is 2. The summed E-state index contributed by atoms with van der Waals surface area (Å²) in [7, 11) is 0. The van der Waals surface area contributed by atoms with Crippen molar-refractivity contribution >= 4 is 47.5 Å². The van der Waals surface area contributed by atoms with E-state index in [-0.39, 0.29) is 5.75 Å². The molecule has 1 rings (SSSR count). The summed E-state index contributed by atoms with van der Waals surface area (Å²) in [6, 6.07) is -1.31. The monoisotopic (exact) mass is 493 g/mol. The summed E-state index contributed by atoms with van der Waals surface area (Å²) in [5, 5.41) is 11.6. The quantitative estimate of drug-likeness (QED) is 0.291. The van der Waals surface area contributed by atoms with Crippen molar-refractivity contribution in [2.75, 3.05) is 12.4 Å². The van der Waals surface area contributed by atoms with Gasteiger partial charge in [0, 0.05) is 40.4 Å². The topological polar surface area (TPSA) is 181 Å². The van der Waals surface area contributed by atoms with Crippen molar-refractivity contribution in [3.8, 4) is 0 Å². The first kappa shape index (κ1) is 28.2. The third-order valence-electron chi connectivity index (χ3n) is 4.05. The zero-order valence-corrected chi connectivity index (χ0v) is 19.5. The van der Waals surface area contributed by atoms with Crippen molar-refractivity contribution in [1.82, 2.24) is 5.32 Å². The molecule has 14 heteroatoms. The van der Waals surface area contributed by atoms with Crippen molar-refractivity contribution in [1.29, 1.82) is 0 Å². The Kier molecular flexibility index (Phi) is 11.1. The molecule has 0 radical (unpaired) electrons. The fourth-order valence-corrected chi connectivity index (χ4v) is 4.16. The molecule has 33 heavy (non-hydrogen) atoms. The third-order valence-corrected chi connectivity index (χ3v) is 5.28. The van der Waals surface area contributed by atoms with Gasteiger partial charge < -0.3 is 34.1 Å². The standard InChI is InChI=1S/C19H27NO12S/c1-8(21)20-13(18(26)27)7-33-19-17(31-12(5)25)16(30-11(4)24)15(29-10(3)23)14(32-19)6-28-9(2)22/h13-17,19H,6-7H2,1-5H3,(H,20,21)(H,26,27)/t13-,14+,15+,16-,17+,19+/m0/s1. The Morgan fingerprint density at radius 3 is 1.82 bits per heavy atom. The third kappa shape index (κ3) is 9.65. The highest BCUT2D eigenvalue weighted by molar-refractivity contribution is 7.99. The normalized spacial score (nSPS) is 25.2. The van der Waals surface area contributed by atoms with E-state index in [2.05, 4.69) is 5.32 Å². The van der Waals surface area contributed by atoms with Crippen LogP contribution >= 0.6 is 11.8 Å². The van der Waals surface area contributed by atoms with E-state index >= 15 is 0 Å². The maximum absolute atomic E-state index is 11.8. The molecular formula is C19H27NO12S. The molecule has 6 atom stereocenters. The molecule has 0 aromatic heterocycles. The lowest BCUT2D eigenvalue weighted by Crippen LogP contribution is -2.61. The second-order valence-electron chi connectivity index (χ2n) is 6.99. The number of esters is 4. The molecule has 1 fully saturated rings. The number of ether oxygens (including phenoxy) is 5. The summed E-state index contributed by atoms with van der Waals surface area (Å²) in [5.74, 6) is -5.10. The van der Waals surface area contributed by atoms with E-state index in [1.165, 1.54) is 0 Å². The average Bonchev–Trinajstić information content (AvgIpc) is 2.66. The molecule has 0 spiro atoms. The minimum atomic E-state index is -1.36. The molecule has 1 amide bonds. The summed E-state index contributed by atoms with van der Waals surface area (Å²) in [4.78, 5) is 69.3. The maximum atomic E-state index is 11.8. The van der Waals surface area contributed by atoms with Gasteiger partial charge in [0.25, 0.3) is 0 Å². The Balaban J connectivity index is 3.31. The Hall–Kier alpha value is -2.87. The van der Waals surface area contributed by atoms with E-state index in [1.807, 2.05) is 0 Å². The van der Waals surface area contributed by atoms with E-state index in [0.717, 1.165) is 46.4 Å². The van der Waals surface area contributed by atoms with Crippen LogP contribution in [0.1, 0.15) is 34.6 Å².